The third kappa shape index (κ3) is 22.0. The molecular formula is C40H70N12O9S. The van der Waals surface area contributed by atoms with Crippen LogP contribution in [-0.2, 0) is 40.0 Å². The number of nitrogens with one attached hydrogen (secondary N) is 10. The highest BCUT2D eigenvalue weighted by atomic mass is 32.1. The summed E-state index contributed by atoms with van der Waals surface area (Å²) < 4.78 is 0. The molecule has 0 radical (unpaired) electrons. The molecule has 16 N–H and O–H groups in total. The standard InChI is InChI=1S/C40H70N12O9S/c1-2-43-26-40(52-35(57)11-7-12-36(58)59)27-45-19-18-44-25-39(24-41,47-20-21-48-40)51-34(56)10-6-9-33(55)49-30(22-28-13-15-29(53)16-14-28)38(61)46-17-5-3-4-8-32(54)50-31(23-62)37(42)60/h13-16,30-31,43-45,47-48,53,62H,2-12,17-27,41H2,1H3,(H2,42,60)(H,46,61)(H,49,55)(H,50,54)(H,51,56)(H,52,57)(H,58,59)/t30-,31-,39+,40-/m0/s1. The van der Waals surface area contributed by atoms with Crippen LogP contribution in [0.4, 0.5) is 0 Å². The van der Waals surface area contributed by atoms with Crippen molar-refractivity contribution in [3.8, 4) is 5.75 Å². The van der Waals surface area contributed by atoms with E-state index in [0.717, 1.165) is 0 Å². The van der Waals surface area contributed by atoms with Gasteiger partial charge < -0.3 is 64.2 Å². The van der Waals surface area contributed by atoms with Crippen LogP contribution < -0.4 is 64.6 Å². The molecule has 62 heavy (non-hydrogen) atoms. The van der Waals surface area contributed by atoms with Crippen molar-refractivity contribution in [2.24, 2.45) is 11.5 Å². The van der Waals surface area contributed by atoms with Gasteiger partial charge in [-0.25, -0.2) is 0 Å². The molecule has 1 aliphatic rings. The summed E-state index contributed by atoms with van der Waals surface area (Å²) in [5, 5.41) is 49.7. The molecule has 350 valence electrons. The molecule has 0 aromatic heterocycles. The van der Waals surface area contributed by atoms with Gasteiger partial charge in [-0.2, -0.15) is 12.6 Å². The van der Waals surface area contributed by atoms with Gasteiger partial charge in [0.15, 0.2) is 0 Å². The van der Waals surface area contributed by atoms with Crippen molar-refractivity contribution in [3.05, 3.63) is 29.8 Å². The van der Waals surface area contributed by atoms with Gasteiger partial charge in [0.2, 0.25) is 35.4 Å². The molecule has 1 fully saturated rings. The summed E-state index contributed by atoms with van der Waals surface area (Å²) in [4.78, 5) is 87.0. The SMILES string of the molecule is CCNC[C@]1(NC(=O)CCCC(=O)O)CNCCNC[C@@](CN)(NC(=O)CCCC(=O)N[C@@H](Cc2ccc(O)cc2)C(=O)NCCCCCC(=O)N[C@@H](CS)C(N)=O)NCCN1. The summed E-state index contributed by atoms with van der Waals surface area (Å²) >= 11 is 4.01. The minimum atomic E-state index is -1.04. The van der Waals surface area contributed by atoms with E-state index in [4.69, 9.17) is 16.6 Å². The van der Waals surface area contributed by atoms with Crippen molar-refractivity contribution < 1.29 is 43.8 Å². The Labute approximate surface area is 369 Å². The molecule has 0 saturated carbocycles. The predicted octanol–water partition coefficient (Wildman–Crippen LogP) is -3.01. The molecule has 4 atom stereocenters. The third-order valence-electron chi connectivity index (χ3n) is 10.0. The van der Waals surface area contributed by atoms with Crippen molar-refractivity contribution in [1.82, 2.24) is 53.2 Å². The van der Waals surface area contributed by atoms with Crippen molar-refractivity contribution in [3.63, 3.8) is 0 Å². The number of likely N-dealkylation sites (N-methyl/N-ethyl adjacent to an activating group) is 1. The Balaban J connectivity index is 1.94. The fraction of sp³-hybridized carbons (Fsp3) is 0.675. The highest BCUT2D eigenvalue weighted by Gasteiger charge is 2.33. The minimum Gasteiger partial charge on any atom is -0.508 e. The van der Waals surface area contributed by atoms with Crippen LogP contribution in [0.25, 0.3) is 0 Å². The molecule has 0 unspecified atom stereocenters. The van der Waals surface area contributed by atoms with Gasteiger partial charge in [-0.3, -0.25) is 44.2 Å². The molecule has 0 aliphatic carbocycles. The Morgan fingerprint density at radius 1 is 0.742 bits per heavy atom. The Morgan fingerprint density at radius 2 is 1.29 bits per heavy atom. The van der Waals surface area contributed by atoms with E-state index in [1.807, 2.05) is 6.92 Å². The number of hydrogen-bond acceptors (Lipinski definition) is 15. The quantitative estimate of drug-likeness (QED) is 0.0309. The van der Waals surface area contributed by atoms with Gasteiger partial charge in [-0.15, -0.1) is 0 Å². The number of amides is 6. The van der Waals surface area contributed by atoms with E-state index >= 15 is 0 Å². The molecule has 1 saturated heterocycles. The summed E-state index contributed by atoms with van der Waals surface area (Å²) in [7, 11) is 0. The van der Waals surface area contributed by atoms with Crippen molar-refractivity contribution in [2.45, 2.75) is 101 Å². The number of carbonyl (C=O) groups is 7. The third-order valence-corrected chi connectivity index (χ3v) is 10.4. The maximum atomic E-state index is 13.3. The van der Waals surface area contributed by atoms with Gasteiger partial charge in [0, 0.05) is 103 Å². The van der Waals surface area contributed by atoms with Crippen LogP contribution in [-0.4, -0.2) is 146 Å². The summed E-state index contributed by atoms with van der Waals surface area (Å²) in [5.41, 5.74) is 10.3. The van der Waals surface area contributed by atoms with E-state index in [2.05, 4.69) is 65.8 Å². The number of carboxylic acid groups (broad SMARTS) is 1. The summed E-state index contributed by atoms with van der Waals surface area (Å²) in [6.45, 7) is 5.79. The van der Waals surface area contributed by atoms with Gasteiger partial charge >= 0.3 is 5.97 Å². The van der Waals surface area contributed by atoms with Gasteiger partial charge in [-0.05, 0) is 49.9 Å². The number of thiol groups is 1. The lowest BCUT2D eigenvalue weighted by molar-refractivity contribution is -0.137. The van der Waals surface area contributed by atoms with Gasteiger partial charge in [0.1, 0.15) is 29.2 Å². The molecule has 22 heteroatoms. The first kappa shape index (κ1) is 53.6. The topological polar surface area (TPSA) is 332 Å². The molecule has 1 heterocycles. The van der Waals surface area contributed by atoms with E-state index < -0.39 is 47.1 Å². The zero-order chi connectivity index (χ0) is 45.8. The maximum Gasteiger partial charge on any atom is 0.303 e. The fourth-order valence-corrected chi connectivity index (χ4v) is 6.87. The minimum absolute atomic E-state index is 0.00103. The number of rotatable bonds is 27. The maximum absolute atomic E-state index is 13.3. The smallest absolute Gasteiger partial charge is 0.303 e. The number of hydrogen-bond donors (Lipinski definition) is 15. The van der Waals surface area contributed by atoms with Gasteiger partial charge in [0.25, 0.3) is 0 Å². The number of carboxylic acids is 1. The lowest BCUT2D eigenvalue weighted by atomic mass is 10.0. The average Bonchev–Trinajstić information content (AvgIpc) is 3.22. The van der Waals surface area contributed by atoms with Crippen LogP contribution in [0.5, 0.6) is 5.75 Å². The second kappa shape index (κ2) is 29.7. The highest BCUT2D eigenvalue weighted by molar-refractivity contribution is 7.80. The normalized spacial score (nSPS) is 19.3. The molecule has 1 aliphatic heterocycles. The van der Waals surface area contributed by atoms with Crippen LogP contribution in [0.3, 0.4) is 0 Å². The van der Waals surface area contributed by atoms with E-state index in [1.165, 1.54) is 12.1 Å². The van der Waals surface area contributed by atoms with Crippen LogP contribution in [0.2, 0.25) is 0 Å². The highest BCUT2D eigenvalue weighted by Crippen LogP contribution is 2.12. The lowest BCUT2D eigenvalue weighted by Crippen LogP contribution is -2.72. The van der Waals surface area contributed by atoms with Crippen LogP contribution in [0.15, 0.2) is 24.3 Å². The first-order chi connectivity index (χ1) is 29.6. The van der Waals surface area contributed by atoms with Crippen molar-refractivity contribution in [2.75, 3.05) is 71.2 Å². The largest absolute Gasteiger partial charge is 0.508 e. The zero-order valence-corrected chi connectivity index (χ0v) is 36.8. The second-order valence-corrected chi connectivity index (χ2v) is 15.7. The number of phenols is 1. The summed E-state index contributed by atoms with van der Waals surface area (Å²) in [5.74, 6) is -3.23. The number of aliphatic carboxylic acids is 1. The molecule has 1 aromatic rings. The number of unbranched alkanes of at least 4 members (excludes halogenated alkanes) is 2. The molecule has 2 rings (SSSR count). The number of carbonyl (C=O) groups excluding carboxylic acids is 6. The first-order valence-corrected chi connectivity index (χ1v) is 22.0. The Kier molecular flexibility index (Phi) is 25.6. The molecular weight excluding hydrogens is 825 g/mol. The number of nitrogens with two attached hydrogens (primary N) is 2. The van der Waals surface area contributed by atoms with E-state index in [0.29, 0.717) is 83.7 Å². The van der Waals surface area contributed by atoms with Gasteiger partial charge in [0.05, 0.1) is 0 Å². The molecule has 21 nitrogen and oxygen atoms in total. The summed E-state index contributed by atoms with van der Waals surface area (Å²) in [6, 6.07) is 4.52. The zero-order valence-electron chi connectivity index (χ0n) is 35.9. The van der Waals surface area contributed by atoms with E-state index in [-0.39, 0.29) is 87.1 Å². The van der Waals surface area contributed by atoms with Crippen molar-refractivity contribution in [1.29, 1.82) is 0 Å². The Morgan fingerprint density at radius 3 is 1.87 bits per heavy atom. The Bertz CT molecular complexity index is 1580. The first-order valence-electron chi connectivity index (χ1n) is 21.4. The second-order valence-electron chi connectivity index (χ2n) is 15.4. The number of aromatic hydroxyl groups is 1. The lowest BCUT2D eigenvalue weighted by Gasteiger charge is -2.39. The number of benzene rings is 1. The molecule has 0 bridgehead atoms. The Hall–Kier alpha value is -4.58. The van der Waals surface area contributed by atoms with E-state index in [1.54, 1.807) is 12.1 Å². The van der Waals surface area contributed by atoms with Crippen LogP contribution in [0.1, 0.15) is 76.7 Å². The number of primary amides is 1. The van der Waals surface area contributed by atoms with Crippen LogP contribution >= 0.6 is 12.6 Å². The average molecular weight is 895 g/mol. The summed E-state index contributed by atoms with van der Waals surface area (Å²) in [6.07, 6.45) is 2.36. The molecule has 6 amide bonds. The van der Waals surface area contributed by atoms with Crippen LogP contribution in [0, 0.1) is 0 Å². The van der Waals surface area contributed by atoms with Crippen molar-refractivity contribution >= 4 is 54.0 Å². The monoisotopic (exact) mass is 895 g/mol. The van der Waals surface area contributed by atoms with E-state index in [9.17, 15) is 38.7 Å². The number of phenolic OH excluding ortho intramolecular Hbond substituents is 1. The fourth-order valence-electron chi connectivity index (χ4n) is 6.60. The molecule has 1 aromatic carbocycles. The van der Waals surface area contributed by atoms with Gasteiger partial charge in [-0.1, -0.05) is 25.5 Å². The predicted molar refractivity (Wildman–Crippen MR) is 237 cm³/mol. The molecule has 0 spiro atoms.